The van der Waals surface area contributed by atoms with E-state index in [1.807, 2.05) is 13.8 Å². The minimum Gasteiger partial charge on any atom is -0.351 e. The maximum absolute atomic E-state index is 12.2. The molecular formula is C13H26N2O3. The van der Waals surface area contributed by atoms with Gasteiger partial charge in [-0.3, -0.25) is 4.79 Å². The van der Waals surface area contributed by atoms with Gasteiger partial charge in [-0.1, -0.05) is 12.8 Å². The molecule has 0 saturated heterocycles. The molecule has 0 radical (unpaired) electrons. The summed E-state index contributed by atoms with van der Waals surface area (Å²) in [7, 11) is 0. The van der Waals surface area contributed by atoms with E-state index < -0.39 is 0 Å². The van der Waals surface area contributed by atoms with E-state index in [-0.39, 0.29) is 17.6 Å². The Morgan fingerprint density at radius 2 is 1.83 bits per heavy atom. The minimum absolute atomic E-state index is 0.0481. The number of ether oxygens (including phenoxy) is 2. The van der Waals surface area contributed by atoms with Crippen LogP contribution in [0.2, 0.25) is 0 Å². The first-order chi connectivity index (χ1) is 8.68. The molecule has 0 heterocycles. The van der Waals surface area contributed by atoms with E-state index in [1.165, 1.54) is 0 Å². The quantitative estimate of drug-likeness (QED) is 0.638. The molecule has 1 amide bonds. The van der Waals surface area contributed by atoms with Gasteiger partial charge in [0.15, 0.2) is 6.29 Å². The van der Waals surface area contributed by atoms with Gasteiger partial charge in [-0.05, 0) is 26.7 Å². The van der Waals surface area contributed by atoms with Crippen molar-refractivity contribution in [2.45, 2.75) is 45.8 Å². The Bertz CT molecular complexity index is 247. The van der Waals surface area contributed by atoms with Crippen molar-refractivity contribution in [1.82, 2.24) is 5.32 Å². The van der Waals surface area contributed by atoms with Crippen LogP contribution in [0, 0.1) is 5.41 Å². The van der Waals surface area contributed by atoms with Gasteiger partial charge in [-0.2, -0.15) is 0 Å². The van der Waals surface area contributed by atoms with Crippen molar-refractivity contribution in [1.29, 1.82) is 0 Å². The first-order valence-corrected chi connectivity index (χ1v) is 6.90. The summed E-state index contributed by atoms with van der Waals surface area (Å²) in [6, 6.07) is 0. The highest BCUT2D eigenvalue weighted by Crippen LogP contribution is 2.37. The molecule has 106 valence electrons. The largest absolute Gasteiger partial charge is 0.351 e. The SMILES string of the molecule is CCOC(CNC(=O)C1(CN)CCCC1)OCC. The van der Waals surface area contributed by atoms with Crippen molar-refractivity contribution in [2.24, 2.45) is 11.1 Å². The normalized spacial score (nSPS) is 18.2. The van der Waals surface area contributed by atoms with Gasteiger partial charge in [0.25, 0.3) is 0 Å². The summed E-state index contributed by atoms with van der Waals surface area (Å²) in [4.78, 5) is 12.2. The van der Waals surface area contributed by atoms with Crippen LogP contribution in [0.5, 0.6) is 0 Å². The summed E-state index contributed by atoms with van der Waals surface area (Å²) in [6.45, 7) is 5.78. The predicted octanol–water partition coefficient (Wildman–Crippen LogP) is 1.02. The smallest absolute Gasteiger partial charge is 0.227 e. The number of hydrogen-bond donors (Lipinski definition) is 2. The molecule has 0 unspecified atom stereocenters. The lowest BCUT2D eigenvalue weighted by Crippen LogP contribution is -2.47. The average Bonchev–Trinajstić information content (AvgIpc) is 2.86. The standard InChI is InChI=1S/C13H26N2O3/c1-3-17-11(18-4-2)9-15-12(16)13(10-14)7-5-6-8-13/h11H,3-10,14H2,1-2H3,(H,15,16). The second-order valence-corrected chi connectivity index (χ2v) is 4.74. The van der Waals surface area contributed by atoms with Crippen LogP contribution in [-0.4, -0.2) is 38.5 Å². The van der Waals surface area contributed by atoms with Crippen molar-refractivity contribution >= 4 is 5.91 Å². The Kier molecular flexibility index (Phi) is 6.60. The van der Waals surface area contributed by atoms with Crippen LogP contribution in [-0.2, 0) is 14.3 Å². The van der Waals surface area contributed by atoms with Crippen molar-refractivity contribution in [3.63, 3.8) is 0 Å². The van der Waals surface area contributed by atoms with Crippen molar-refractivity contribution in [2.75, 3.05) is 26.3 Å². The zero-order valence-corrected chi connectivity index (χ0v) is 11.5. The molecule has 18 heavy (non-hydrogen) atoms. The highest BCUT2D eigenvalue weighted by molar-refractivity contribution is 5.83. The van der Waals surface area contributed by atoms with Crippen LogP contribution >= 0.6 is 0 Å². The van der Waals surface area contributed by atoms with Crippen molar-refractivity contribution in [3.8, 4) is 0 Å². The van der Waals surface area contributed by atoms with Crippen molar-refractivity contribution < 1.29 is 14.3 Å². The average molecular weight is 258 g/mol. The van der Waals surface area contributed by atoms with E-state index in [4.69, 9.17) is 15.2 Å². The van der Waals surface area contributed by atoms with Gasteiger partial charge in [-0.25, -0.2) is 0 Å². The molecule has 0 aliphatic heterocycles. The molecule has 1 rings (SSSR count). The van der Waals surface area contributed by atoms with Gasteiger partial charge in [0.1, 0.15) is 0 Å². The molecule has 5 heteroatoms. The summed E-state index contributed by atoms with van der Waals surface area (Å²) in [5.41, 5.74) is 5.41. The van der Waals surface area contributed by atoms with Crippen LogP contribution in [0.3, 0.4) is 0 Å². The van der Waals surface area contributed by atoms with E-state index >= 15 is 0 Å². The molecule has 1 saturated carbocycles. The Morgan fingerprint density at radius 1 is 1.28 bits per heavy atom. The molecule has 1 fully saturated rings. The van der Waals surface area contributed by atoms with Crippen LogP contribution in [0.15, 0.2) is 0 Å². The summed E-state index contributed by atoms with van der Waals surface area (Å²) >= 11 is 0. The van der Waals surface area contributed by atoms with Gasteiger partial charge in [0.05, 0.1) is 12.0 Å². The van der Waals surface area contributed by atoms with E-state index in [0.29, 0.717) is 26.3 Å². The third-order valence-corrected chi connectivity index (χ3v) is 3.57. The molecule has 0 aromatic carbocycles. The highest BCUT2D eigenvalue weighted by atomic mass is 16.7. The molecule has 1 aliphatic rings. The second kappa shape index (κ2) is 7.71. The third-order valence-electron chi connectivity index (χ3n) is 3.57. The number of nitrogens with two attached hydrogens (primary N) is 1. The highest BCUT2D eigenvalue weighted by Gasteiger charge is 2.39. The zero-order chi connectivity index (χ0) is 13.4. The molecule has 1 aliphatic carbocycles. The van der Waals surface area contributed by atoms with Crippen LogP contribution in [0.4, 0.5) is 0 Å². The van der Waals surface area contributed by atoms with Crippen LogP contribution < -0.4 is 11.1 Å². The topological polar surface area (TPSA) is 73.6 Å². The zero-order valence-electron chi connectivity index (χ0n) is 11.5. The molecular weight excluding hydrogens is 232 g/mol. The maximum atomic E-state index is 12.2. The number of nitrogens with one attached hydrogen (secondary N) is 1. The van der Waals surface area contributed by atoms with E-state index in [9.17, 15) is 4.79 Å². The molecule has 5 nitrogen and oxygen atoms in total. The van der Waals surface area contributed by atoms with Gasteiger partial charge in [-0.15, -0.1) is 0 Å². The monoisotopic (exact) mass is 258 g/mol. The Balaban J connectivity index is 2.42. The van der Waals surface area contributed by atoms with Gasteiger partial charge in [0.2, 0.25) is 5.91 Å². The Labute approximate surface area is 109 Å². The third kappa shape index (κ3) is 3.93. The van der Waals surface area contributed by atoms with Gasteiger partial charge < -0.3 is 20.5 Å². The number of rotatable bonds is 8. The van der Waals surface area contributed by atoms with E-state index in [1.54, 1.807) is 0 Å². The number of carbonyl (C=O) groups excluding carboxylic acids is 1. The first kappa shape index (κ1) is 15.4. The summed E-state index contributed by atoms with van der Waals surface area (Å²) in [5.74, 6) is 0.0481. The Hall–Kier alpha value is -0.650. The Morgan fingerprint density at radius 3 is 2.28 bits per heavy atom. The second-order valence-electron chi connectivity index (χ2n) is 4.74. The summed E-state index contributed by atoms with van der Waals surface area (Å²) in [5, 5.41) is 2.92. The first-order valence-electron chi connectivity index (χ1n) is 6.90. The molecule has 0 atom stereocenters. The molecule has 0 bridgehead atoms. The van der Waals surface area contributed by atoms with Gasteiger partial charge >= 0.3 is 0 Å². The summed E-state index contributed by atoms with van der Waals surface area (Å²) in [6.07, 6.45) is 3.60. The predicted molar refractivity (Wildman–Crippen MR) is 70.0 cm³/mol. The fourth-order valence-electron chi connectivity index (χ4n) is 2.48. The fourth-order valence-corrected chi connectivity index (χ4v) is 2.48. The lowest BCUT2D eigenvalue weighted by atomic mass is 9.85. The lowest BCUT2D eigenvalue weighted by Gasteiger charge is -2.27. The number of hydrogen-bond acceptors (Lipinski definition) is 4. The lowest BCUT2D eigenvalue weighted by molar-refractivity contribution is -0.144. The number of carbonyl (C=O) groups is 1. The molecule has 3 N–H and O–H groups in total. The summed E-state index contributed by atoms with van der Waals surface area (Å²) < 4.78 is 10.8. The van der Waals surface area contributed by atoms with E-state index in [2.05, 4.69) is 5.32 Å². The molecule has 0 aromatic heterocycles. The number of amides is 1. The van der Waals surface area contributed by atoms with E-state index in [0.717, 1.165) is 25.7 Å². The van der Waals surface area contributed by atoms with Gasteiger partial charge in [0, 0.05) is 19.8 Å². The van der Waals surface area contributed by atoms with Crippen LogP contribution in [0.1, 0.15) is 39.5 Å². The van der Waals surface area contributed by atoms with Crippen LogP contribution in [0.25, 0.3) is 0 Å². The maximum Gasteiger partial charge on any atom is 0.227 e. The molecule has 0 spiro atoms. The minimum atomic E-state index is -0.361. The van der Waals surface area contributed by atoms with Crippen molar-refractivity contribution in [3.05, 3.63) is 0 Å². The fraction of sp³-hybridized carbons (Fsp3) is 0.923. The molecule has 0 aromatic rings.